The first-order valence-corrected chi connectivity index (χ1v) is 10.3. The van der Waals surface area contributed by atoms with E-state index in [0.29, 0.717) is 18.0 Å². The van der Waals surface area contributed by atoms with Gasteiger partial charge in [-0.15, -0.1) is 24.0 Å². The van der Waals surface area contributed by atoms with Crippen LogP contribution in [0.3, 0.4) is 0 Å². The fourth-order valence-corrected chi connectivity index (χ4v) is 3.40. The quantitative estimate of drug-likeness (QED) is 0.338. The van der Waals surface area contributed by atoms with Crippen LogP contribution in [0.2, 0.25) is 0 Å². The summed E-state index contributed by atoms with van der Waals surface area (Å²) in [5.74, 6) is 1.19. The number of halogens is 2. The van der Waals surface area contributed by atoms with Gasteiger partial charge >= 0.3 is 0 Å². The molecule has 1 amide bonds. The van der Waals surface area contributed by atoms with Crippen LogP contribution in [0.4, 0.5) is 10.1 Å². The fourth-order valence-electron chi connectivity index (χ4n) is 3.40. The van der Waals surface area contributed by atoms with Crippen LogP contribution >= 0.6 is 24.0 Å². The van der Waals surface area contributed by atoms with Crippen molar-refractivity contribution in [3.63, 3.8) is 0 Å². The molecule has 1 heterocycles. The zero-order valence-corrected chi connectivity index (χ0v) is 21.1. The molecule has 0 radical (unpaired) electrons. The number of benzene rings is 2. The van der Waals surface area contributed by atoms with Crippen LogP contribution in [0.25, 0.3) is 0 Å². The maximum atomic E-state index is 14.1. The maximum absolute atomic E-state index is 14.1. The molecule has 174 valence electrons. The molecule has 1 N–H and O–H groups in total. The molecule has 1 aliphatic heterocycles. The van der Waals surface area contributed by atoms with Gasteiger partial charge in [-0.25, -0.2) is 4.39 Å². The minimum Gasteiger partial charge on any atom is -0.484 e. The highest BCUT2D eigenvalue weighted by Crippen LogP contribution is 2.20. The first kappa shape index (κ1) is 25.7. The topological polar surface area (TPSA) is 60.4 Å². The van der Waals surface area contributed by atoms with E-state index in [1.54, 1.807) is 27.2 Å². The number of aliphatic imine (C=N–C) groups is 1. The van der Waals surface area contributed by atoms with Crippen LogP contribution in [0.5, 0.6) is 5.75 Å². The molecule has 0 saturated carbocycles. The standard InChI is InChI=1S/C23H30FN5O2.HI/c1-25-23(29-13-11-28(12-14-29)21-10-5-4-9-20(21)24)26-16-18-7-6-8-19(15-18)31-17-22(30)27(2)3;/h4-10,15H,11-14,16-17H2,1-3H3,(H,25,26);1H. The van der Waals surface area contributed by atoms with Crippen molar-refractivity contribution in [1.82, 2.24) is 15.1 Å². The van der Waals surface area contributed by atoms with Gasteiger partial charge in [-0.2, -0.15) is 0 Å². The number of nitrogens with zero attached hydrogens (tertiary/aromatic N) is 4. The summed E-state index contributed by atoms with van der Waals surface area (Å²) < 4.78 is 19.6. The number of anilines is 1. The Labute approximate surface area is 206 Å². The van der Waals surface area contributed by atoms with Gasteiger partial charge in [0.1, 0.15) is 11.6 Å². The van der Waals surface area contributed by atoms with Gasteiger partial charge in [-0.05, 0) is 29.8 Å². The van der Waals surface area contributed by atoms with Crippen LogP contribution in [0.1, 0.15) is 5.56 Å². The summed E-state index contributed by atoms with van der Waals surface area (Å²) in [5.41, 5.74) is 1.68. The van der Waals surface area contributed by atoms with E-state index in [1.165, 1.54) is 11.0 Å². The Morgan fingerprint density at radius 1 is 1.12 bits per heavy atom. The normalized spacial score (nSPS) is 13.9. The number of hydrogen-bond donors (Lipinski definition) is 1. The number of amides is 1. The number of rotatable bonds is 6. The van der Waals surface area contributed by atoms with Gasteiger partial charge < -0.3 is 24.8 Å². The van der Waals surface area contributed by atoms with Crippen LogP contribution in [0, 0.1) is 5.82 Å². The lowest BCUT2D eigenvalue weighted by molar-refractivity contribution is -0.130. The molecule has 7 nitrogen and oxygen atoms in total. The van der Waals surface area contributed by atoms with Crippen molar-refractivity contribution in [3.8, 4) is 5.75 Å². The van der Waals surface area contributed by atoms with Crippen LogP contribution in [0.15, 0.2) is 53.5 Å². The van der Waals surface area contributed by atoms with Crippen LogP contribution < -0.4 is 15.0 Å². The van der Waals surface area contributed by atoms with E-state index in [1.807, 2.05) is 36.4 Å². The second-order valence-corrected chi connectivity index (χ2v) is 7.55. The lowest BCUT2D eigenvalue weighted by atomic mass is 10.2. The molecule has 0 aliphatic carbocycles. The lowest BCUT2D eigenvalue weighted by Crippen LogP contribution is -2.52. The van der Waals surface area contributed by atoms with Gasteiger partial charge in [0.25, 0.3) is 5.91 Å². The summed E-state index contributed by atoms with van der Waals surface area (Å²) in [6.45, 7) is 3.56. The summed E-state index contributed by atoms with van der Waals surface area (Å²) in [4.78, 5) is 21.8. The van der Waals surface area contributed by atoms with Gasteiger partial charge in [0.2, 0.25) is 0 Å². The Balaban J connectivity index is 0.00000363. The number of carbonyl (C=O) groups is 1. The summed E-state index contributed by atoms with van der Waals surface area (Å²) in [5, 5.41) is 3.38. The van der Waals surface area contributed by atoms with E-state index in [-0.39, 0.29) is 42.3 Å². The zero-order valence-electron chi connectivity index (χ0n) is 18.8. The molecule has 2 aromatic carbocycles. The average Bonchev–Trinajstić information content (AvgIpc) is 2.79. The number of likely N-dealkylation sites (N-methyl/N-ethyl adjacent to an activating group) is 1. The number of carbonyl (C=O) groups excluding carboxylic acids is 1. The second-order valence-electron chi connectivity index (χ2n) is 7.55. The van der Waals surface area contributed by atoms with E-state index < -0.39 is 0 Å². The number of hydrogen-bond acceptors (Lipinski definition) is 4. The molecular weight excluding hydrogens is 524 g/mol. The first-order chi connectivity index (χ1) is 15.0. The summed E-state index contributed by atoms with van der Waals surface area (Å²) in [6, 6.07) is 14.5. The Bertz CT molecular complexity index is 917. The number of ether oxygens (including phenoxy) is 1. The third kappa shape index (κ3) is 6.98. The number of para-hydroxylation sites is 1. The van der Waals surface area contributed by atoms with E-state index in [9.17, 15) is 9.18 Å². The molecule has 32 heavy (non-hydrogen) atoms. The molecule has 0 spiro atoms. The third-order valence-electron chi connectivity index (χ3n) is 5.19. The van der Waals surface area contributed by atoms with Gasteiger partial charge in [0.05, 0.1) is 5.69 Å². The predicted molar refractivity (Wildman–Crippen MR) is 136 cm³/mol. The maximum Gasteiger partial charge on any atom is 0.259 e. The number of nitrogens with one attached hydrogen (secondary N) is 1. The highest BCUT2D eigenvalue weighted by Gasteiger charge is 2.21. The predicted octanol–water partition coefficient (Wildman–Crippen LogP) is 2.81. The van der Waals surface area contributed by atoms with Gasteiger partial charge in [-0.1, -0.05) is 24.3 Å². The molecule has 1 saturated heterocycles. The smallest absolute Gasteiger partial charge is 0.259 e. The molecule has 1 aliphatic rings. The third-order valence-corrected chi connectivity index (χ3v) is 5.19. The minimum atomic E-state index is -0.187. The Morgan fingerprint density at radius 2 is 1.84 bits per heavy atom. The van der Waals surface area contributed by atoms with E-state index in [0.717, 1.165) is 37.7 Å². The SMILES string of the molecule is CN=C(NCc1cccc(OCC(=O)N(C)C)c1)N1CCN(c2ccccc2F)CC1.I. The highest BCUT2D eigenvalue weighted by atomic mass is 127. The highest BCUT2D eigenvalue weighted by molar-refractivity contribution is 14.0. The second kappa shape index (κ2) is 12.5. The minimum absolute atomic E-state index is 0. The molecule has 0 atom stereocenters. The van der Waals surface area contributed by atoms with Crippen molar-refractivity contribution < 1.29 is 13.9 Å². The molecule has 1 fully saturated rings. The molecular formula is C23H31FIN5O2. The van der Waals surface area contributed by atoms with E-state index in [4.69, 9.17) is 4.74 Å². The van der Waals surface area contributed by atoms with Crippen molar-refractivity contribution in [2.24, 2.45) is 4.99 Å². The molecule has 0 bridgehead atoms. The number of guanidine groups is 1. The molecule has 2 aromatic rings. The molecule has 0 unspecified atom stereocenters. The largest absolute Gasteiger partial charge is 0.484 e. The van der Waals surface area contributed by atoms with Gasteiger partial charge in [0.15, 0.2) is 12.6 Å². The average molecular weight is 555 g/mol. The Kier molecular flexibility index (Phi) is 10.0. The van der Waals surface area contributed by atoms with Crippen LogP contribution in [-0.4, -0.2) is 75.6 Å². The van der Waals surface area contributed by atoms with Crippen molar-refractivity contribution in [1.29, 1.82) is 0 Å². The molecule has 0 aromatic heterocycles. The van der Waals surface area contributed by atoms with Gasteiger partial charge in [-0.3, -0.25) is 9.79 Å². The molecule has 9 heteroatoms. The summed E-state index contributed by atoms with van der Waals surface area (Å²) >= 11 is 0. The zero-order chi connectivity index (χ0) is 22.2. The van der Waals surface area contributed by atoms with Crippen LogP contribution in [-0.2, 0) is 11.3 Å². The molecule has 3 rings (SSSR count). The Morgan fingerprint density at radius 3 is 2.50 bits per heavy atom. The van der Waals surface area contributed by atoms with Crippen molar-refractivity contribution in [3.05, 3.63) is 59.9 Å². The summed E-state index contributed by atoms with van der Waals surface area (Å²) in [6.07, 6.45) is 0. The van der Waals surface area contributed by atoms with Crippen molar-refractivity contribution >= 4 is 41.5 Å². The van der Waals surface area contributed by atoms with E-state index in [2.05, 4.69) is 20.1 Å². The lowest BCUT2D eigenvalue weighted by Gasteiger charge is -2.37. The number of piperazine rings is 1. The fraction of sp³-hybridized carbons (Fsp3) is 0.391. The van der Waals surface area contributed by atoms with Gasteiger partial charge in [0, 0.05) is 53.9 Å². The monoisotopic (exact) mass is 555 g/mol. The Hall–Kier alpha value is -2.56. The van der Waals surface area contributed by atoms with Crippen molar-refractivity contribution in [2.45, 2.75) is 6.54 Å². The first-order valence-electron chi connectivity index (χ1n) is 10.3. The van der Waals surface area contributed by atoms with E-state index >= 15 is 0 Å². The van der Waals surface area contributed by atoms with Crippen molar-refractivity contribution in [2.75, 3.05) is 58.8 Å². The summed E-state index contributed by atoms with van der Waals surface area (Å²) in [7, 11) is 5.17.